The maximum atomic E-state index is 10.5. The predicted molar refractivity (Wildman–Crippen MR) is 63.6 cm³/mol. The average Bonchev–Trinajstić information content (AvgIpc) is 2.83. The van der Waals surface area contributed by atoms with Crippen LogP contribution in [0, 0.1) is 0 Å². The van der Waals surface area contributed by atoms with Crippen molar-refractivity contribution in [2.24, 2.45) is 0 Å². The van der Waals surface area contributed by atoms with Crippen molar-refractivity contribution in [2.45, 2.75) is 31.4 Å². The zero-order valence-electron chi connectivity index (χ0n) is 9.86. The number of hydrogen-bond acceptors (Lipinski definition) is 3. The van der Waals surface area contributed by atoms with Gasteiger partial charge in [-0.15, -0.1) is 0 Å². The fourth-order valence-corrected chi connectivity index (χ4v) is 2.29. The summed E-state index contributed by atoms with van der Waals surface area (Å²) in [5, 5.41) is 13.9. The molecule has 16 heavy (non-hydrogen) atoms. The highest BCUT2D eigenvalue weighted by molar-refractivity contribution is 5.31. The minimum absolute atomic E-state index is 0.154. The number of aliphatic hydroxyl groups is 1. The molecule has 3 nitrogen and oxygen atoms in total. The van der Waals surface area contributed by atoms with Gasteiger partial charge >= 0.3 is 0 Å². The summed E-state index contributed by atoms with van der Waals surface area (Å²) in [4.78, 5) is 0. The van der Waals surface area contributed by atoms with Gasteiger partial charge in [-0.1, -0.05) is 12.1 Å². The highest BCUT2D eigenvalue weighted by Crippen LogP contribution is 2.30. The Hall–Kier alpha value is -1.06. The predicted octanol–water partition coefficient (Wildman–Crippen LogP) is 1.65. The quantitative estimate of drug-likeness (QED) is 0.815. The molecule has 0 aromatic heterocycles. The van der Waals surface area contributed by atoms with Crippen molar-refractivity contribution < 1.29 is 9.84 Å². The lowest BCUT2D eigenvalue weighted by Crippen LogP contribution is -2.42. The van der Waals surface area contributed by atoms with Crippen LogP contribution in [0.15, 0.2) is 24.3 Å². The van der Waals surface area contributed by atoms with Crippen molar-refractivity contribution in [3.8, 4) is 5.75 Å². The highest BCUT2D eigenvalue weighted by Gasteiger charge is 2.35. The molecule has 0 bridgehead atoms. The minimum atomic E-state index is -0.803. The summed E-state index contributed by atoms with van der Waals surface area (Å²) in [6, 6.07) is 7.79. The van der Waals surface area contributed by atoms with Crippen LogP contribution in [0.3, 0.4) is 0 Å². The average molecular weight is 221 g/mol. The fourth-order valence-electron chi connectivity index (χ4n) is 2.29. The first kappa shape index (κ1) is 11.4. The third kappa shape index (κ3) is 2.06. The van der Waals surface area contributed by atoms with Gasteiger partial charge in [-0.2, -0.15) is 0 Å². The van der Waals surface area contributed by atoms with Crippen LogP contribution in [-0.4, -0.2) is 24.8 Å². The Balaban J connectivity index is 2.20. The number of rotatable bonds is 3. The number of methoxy groups -OCH3 is 1. The highest BCUT2D eigenvalue weighted by atomic mass is 16.5. The number of benzene rings is 1. The third-order valence-electron chi connectivity index (χ3n) is 3.41. The molecule has 0 saturated carbocycles. The summed E-state index contributed by atoms with van der Waals surface area (Å²) in [6.45, 7) is 2.87. The Bertz CT molecular complexity index is 339. The van der Waals surface area contributed by atoms with E-state index >= 15 is 0 Å². The molecule has 3 heteroatoms. The smallest absolute Gasteiger partial charge is 0.118 e. The summed E-state index contributed by atoms with van der Waals surface area (Å²) >= 11 is 0. The van der Waals surface area contributed by atoms with E-state index in [1.165, 1.54) is 0 Å². The van der Waals surface area contributed by atoms with Crippen LogP contribution in [-0.2, 0) is 5.60 Å². The lowest BCUT2D eigenvalue weighted by molar-refractivity contribution is 0.0218. The monoisotopic (exact) mass is 221 g/mol. The van der Waals surface area contributed by atoms with E-state index in [0.717, 1.165) is 30.7 Å². The van der Waals surface area contributed by atoms with Crippen LogP contribution in [0.4, 0.5) is 0 Å². The molecule has 0 spiro atoms. The second-order valence-corrected chi connectivity index (χ2v) is 4.52. The van der Waals surface area contributed by atoms with Crippen molar-refractivity contribution >= 4 is 0 Å². The molecule has 0 aliphatic carbocycles. The molecule has 1 aliphatic rings. The topological polar surface area (TPSA) is 41.5 Å². The summed E-state index contributed by atoms with van der Waals surface area (Å²) in [7, 11) is 1.64. The van der Waals surface area contributed by atoms with Crippen LogP contribution in [0.25, 0.3) is 0 Å². The Morgan fingerprint density at radius 2 is 2.06 bits per heavy atom. The molecule has 1 heterocycles. The molecule has 1 fully saturated rings. The largest absolute Gasteiger partial charge is 0.497 e. The molecule has 0 radical (unpaired) electrons. The Morgan fingerprint density at radius 1 is 1.38 bits per heavy atom. The summed E-state index contributed by atoms with van der Waals surface area (Å²) in [6.07, 6.45) is 2.16. The molecule has 1 aliphatic heterocycles. The molecule has 1 saturated heterocycles. The van der Waals surface area contributed by atoms with Gasteiger partial charge in [0.25, 0.3) is 0 Å². The van der Waals surface area contributed by atoms with Gasteiger partial charge in [-0.25, -0.2) is 0 Å². The van der Waals surface area contributed by atoms with Crippen molar-refractivity contribution in [3.63, 3.8) is 0 Å². The van der Waals surface area contributed by atoms with E-state index in [1.54, 1.807) is 7.11 Å². The van der Waals surface area contributed by atoms with Crippen LogP contribution in [0.2, 0.25) is 0 Å². The fraction of sp³-hybridized carbons (Fsp3) is 0.538. The van der Waals surface area contributed by atoms with E-state index in [4.69, 9.17) is 4.74 Å². The van der Waals surface area contributed by atoms with Gasteiger partial charge in [0.2, 0.25) is 0 Å². The second kappa shape index (κ2) is 4.44. The maximum Gasteiger partial charge on any atom is 0.118 e. The molecular formula is C13H19NO2. The van der Waals surface area contributed by atoms with E-state index < -0.39 is 5.60 Å². The molecule has 1 aromatic carbocycles. The van der Waals surface area contributed by atoms with Gasteiger partial charge in [0.1, 0.15) is 11.4 Å². The molecule has 0 amide bonds. The van der Waals surface area contributed by atoms with Gasteiger partial charge in [-0.05, 0) is 44.0 Å². The molecule has 1 aromatic rings. The molecule has 2 N–H and O–H groups in total. The summed E-state index contributed by atoms with van der Waals surface area (Å²) in [5.74, 6) is 0.818. The number of hydrogen-bond donors (Lipinski definition) is 2. The lowest BCUT2D eigenvalue weighted by atomic mass is 9.87. The van der Waals surface area contributed by atoms with E-state index in [1.807, 2.05) is 31.2 Å². The van der Waals surface area contributed by atoms with Crippen LogP contribution < -0.4 is 10.1 Å². The first-order valence-corrected chi connectivity index (χ1v) is 5.75. The van der Waals surface area contributed by atoms with Gasteiger partial charge in [0, 0.05) is 6.04 Å². The van der Waals surface area contributed by atoms with E-state index in [9.17, 15) is 5.11 Å². The molecule has 1 unspecified atom stereocenters. The van der Waals surface area contributed by atoms with Crippen molar-refractivity contribution in [1.29, 1.82) is 0 Å². The van der Waals surface area contributed by atoms with E-state index in [2.05, 4.69) is 5.32 Å². The summed E-state index contributed by atoms with van der Waals surface area (Å²) in [5.41, 5.74) is 0.135. The summed E-state index contributed by atoms with van der Waals surface area (Å²) < 4.78 is 5.11. The van der Waals surface area contributed by atoms with Gasteiger partial charge in [-0.3, -0.25) is 0 Å². The molecule has 2 atom stereocenters. The van der Waals surface area contributed by atoms with Crippen molar-refractivity contribution in [1.82, 2.24) is 5.32 Å². The first-order chi connectivity index (χ1) is 7.64. The number of nitrogens with one attached hydrogen (secondary N) is 1. The lowest BCUT2D eigenvalue weighted by Gasteiger charge is -2.30. The zero-order chi connectivity index (χ0) is 11.6. The second-order valence-electron chi connectivity index (χ2n) is 4.52. The normalized spacial score (nSPS) is 24.1. The van der Waals surface area contributed by atoms with Crippen molar-refractivity contribution in [2.75, 3.05) is 13.7 Å². The molecule has 2 rings (SSSR count). The molecule has 88 valence electrons. The van der Waals surface area contributed by atoms with Crippen LogP contribution >= 0.6 is 0 Å². The number of ether oxygens (including phenoxy) is 1. The zero-order valence-corrected chi connectivity index (χ0v) is 9.86. The van der Waals surface area contributed by atoms with Crippen LogP contribution in [0.5, 0.6) is 5.75 Å². The van der Waals surface area contributed by atoms with Gasteiger partial charge in [0.15, 0.2) is 0 Å². The first-order valence-electron chi connectivity index (χ1n) is 5.75. The Kier molecular flexibility index (Phi) is 3.17. The van der Waals surface area contributed by atoms with Crippen LogP contribution in [0.1, 0.15) is 25.3 Å². The van der Waals surface area contributed by atoms with Gasteiger partial charge < -0.3 is 15.2 Å². The Labute approximate surface area is 96.4 Å². The standard InChI is InChI=1S/C13H19NO2/c1-13(15,12-4-3-9-14-12)10-5-7-11(16-2)8-6-10/h5-8,12,14-15H,3-4,9H2,1-2H3/t12?,13-/m0/s1. The molecular weight excluding hydrogens is 202 g/mol. The maximum absolute atomic E-state index is 10.5. The SMILES string of the molecule is COc1ccc([C@](C)(O)C2CCCN2)cc1. The van der Waals surface area contributed by atoms with E-state index in [-0.39, 0.29) is 6.04 Å². The minimum Gasteiger partial charge on any atom is -0.497 e. The Morgan fingerprint density at radius 3 is 2.56 bits per heavy atom. The third-order valence-corrected chi connectivity index (χ3v) is 3.41. The van der Waals surface area contributed by atoms with Crippen molar-refractivity contribution in [3.05, 3.63) is 29.8 Å². The van der Waals surface area contributed by atoms with Gasteiger partial charge in [0.05, 0.1) is 7.11 Å². The van der Waals surface area contributed by atoms with E-state index in [0.29, 0.717) is 0 Å².